The standard InChI is InChI=1S/C15H19F3N2O/c1-2-5-19-11-3-6-20(7-4-11)15(21)10-8-12(16)14(18)13(17)9-10/h8-9,11,19H,2-7H2,1H3. The molecule has 1 aliphatic rings. The Balaban J connectivity index is 1.99. The topological polar surface area (TPSA) is 32.3 Å². The van der Waals surface area contributed by atoms with Crippen molar-refractivity contribution in [1.82, 2.24) is 10.2 Å². The Morgan fingerprint density at radius 2 is 1.81 bits per heavy atom. The Bertz CT molecular complexity index is 491. The van der Waals surface area contributed by atoms with Crippen molar-refractivity contribution in [2.75, 3.05) is 19.6 Å². The Hall–Kier alpha value is -1.56. The number of benzene rings is 1. The van der Waals surface area contributed by atoms with Gasteiger partial charge >= 0.3 is 0 Å². The lowest BCUT2D eigenvalue weighted by molar-refractivity contribution is 0.0704. The number of piperidine rings is 1. The number of nitrogens with one attached hydrogen (secondary N) is 1. The average molecular weight is 300 g/mol. The van der Waals surface area contributed by atoms with Crippen LogP contribution in [-0.4, -0.2) is 36.5 Å². The number of hydrogen-bond donors (Lipinski definition) is 1. The van der Waals surface area contributed by atoms with Crippen molar-refractivity contribution in [1.29, 1.82) is 0 Å². The monoisotopic (exact) mass is 300 g/mol. The molecule has 1 saturated heterocycles. The first-order chi connectivity index (χ1) is 10.0. The number of likely N-dealkylation sites (tertiary alicyclic amines) is 1. The van der Waals surface area contributed by atoms with Gasteiger partial charge in [-0.1, -0.05) is 6.92 Å². The Labute approximate surface area is 122 Å². The van der Waals surface area contributed by atoms with Gasteiger partial charge in [0, 0.05) is 24.7 Å². The normalized spacial score (nSPS) is 16.3. The van der Waals surface area contributed by atoms with Gasteiger partial charge < -0.3 is 10.2 Å². The van der Waals surface area contributed by atoms with Crippen LogP contribution in [0.4, 0.5) is 13.2 Å². The van der Waals surface area contributed by atoms with Crippen LogP contribution in [0.2, 0.25) is 0 Å². The first-order valence-electron chi connectivity index (χ1n) is 7.20. The van der Waals surface area contributed by atoms with E-state index in [1.807, 2.05) is 0 Å². The molecule has 0 unspecified atom stereocenters. The number of amides is 1. The molecule has 21 heavy (non-hydrogen) atoms. The molecular formula is C15H19F3N2O. The molecule has 0 aliphatic carbocycles. The molecule has 116 valence electrons. The molecule has 0 spiro atoms. The third kappa shape index (κ3) is 3.75. The minimum atomic E-state index is -1.55. The molecule has 0 bridgehead atoms. The second-order valence-electron chi connectivity index (χ2n) is 5.27. The molecule has 0 atom stereocenters. The van der Waals surface area contributed by atoms with Crippen LogP contribution in [-0.2, 0) is 0 Å². The van der Waals surface area contributed by atoms with E-state index in [1.165, 1.54) is 0 Å². The second kappa shape index (κ2) is 6.93. The first-order valence-corrected chi connectivity index (χ1v) is 7.20. The van der Waals surface area contributed by atoms with Crippen LogP contribution in [0.1, 0.15) is 36.5 Å². The van der Waals surface area contributed by atoms with Crippen molar-refractivity contribution in [3.63, 3.8) is 0 Å². The zero-order chi connectivity index (χ0) is 15.4. The highest BCUT2D eigenvalue weighted by Gasteiger charge is 2.24. The maximum Gasteiger partial charge on any atom is 0.254 e. The minimum Gasteiger partial charge on any atom is -0.339 e. The fraction of sp³-hybridized carbons (Fsp3) is 0.533. The van der Waals surface area contributed by atoms with Gasteiger partial charge in [-0.3, -0.25) is 4.79 Å². The molecule has 0 saturated carbocycles. The maximum absolute atomic E-state index is 13.2. The highest BCUT2D eigenvalue weighted by atomic mass is 19.2. The number of carbonyl (C=O) groups excluding carboxylic acids is 1. The van der Waals surface area contributed by atoms with Crippen LogP contribution in [0.5, 0.6) is 0 Å². The second-order valence-corrected chi connectivity index (χ2v) is 5.27. The van der Waals surface area contributed by atoms with Crippen molar-refractivity contribution < 1.29 is 18.0 Å². The Kier molecular flexibility index (Phi) is 5.22. The van der Waals surface area contributed by atoms with Crippen LogP contribution >= 0.6 is 0 Å². The summed E-state index contributed by atoms with van der Waals surface area (Å²) in [6.45, 7) is 4.08. The van der Waals surface area contributed by atoms with E-state index in [0.29, 0.717) is 19.1 Å². The van der Waals surface area contributed by atoms with E-state index in [2.05, 4.69) is 12.2 Å². The van der Waals surface area contributed by atoms with E-state index in [9.17, 15) is 18.0 Å². The molecular weight excluding hydrogens is 281 g/mol. The zero-order valence-corrected chi connectivity index (χ0v) is 12.0. The van der Waals surface area contributed by atoms with E-state index in [4.69, 9.17) is 0 Å². The summed E-state index contributed by atoms with van der Waals surface area (Å²) in [5.41, 5.74) is -0.147. The van der Waals surface area contributed by atoms with Crippen molar-refractivity contribution in [2.24, 2.45) is 0 Å². The highest BCUT2D eigenvalue weighted by Crippen LogP contribution is 2.18. The lowest BCUT2D eigenvalue weighted by Crippen LogP contribution is -2.45. The fourth-order valence-electron chi connectivity index (χ4n) is 2.50. The number of hydrogen-bond acceptors (Lipinski definition) is 2. The molecule has 1 heterocycles. The molecule has 0 radical (unpaired) electrons. The third-order valence-electron chi connectivity index (χ3n) is 3.70. The summed E-state index contributed by atoms with van der Waals surface area (Å²) in [6.07, 6.45) is 2.66. The quantitative estimate of drug-likeness (QED) is 0.867. The van der Waals surface area contributed by atoms with Crippen LogP contribution in [0.25, 0.3) is 0 Å². The SMILES string of the molecule is CCCNC1CCN(C(=O)c2cc(F)c(F)c(F)c2)CC1. The van der Waals surface area contributed by atoms with E-state index >= 15 is 0 Å². The predicted octanol–water partition coefficient (Wildman–Crippen LogP) is 2.71. The molecule has 3 nitrogen and oxygen atoms in total. The predicted molar refractivity (Wildman–Crippen MR) is 73.5 cm³/mol. The van der Waals surface area contributed by atoms with Gasteiger partial charge in [0.25, 0.3) is 5.91 Å². The van der Waals surface area contributed by atoms with E-state index < -0.39 is 23.4 Å². The summed E-state index contributed by atoms with van der Waals surface area (Å²) in [5.74, 6) is -4.67. The summed E-state index contributed by atoms with van der Waals surface area (Å²) >= 11 is 0. The number of rotatable bonds is 4. The van der Waals surface area contributed by atoms with Crippen LogP contribution in [0.15, 0.2) is 12.1 Å². The van der Waals surface area contributed by atoms with E-state index in [-0.39, 0.29) is 5.56 Å². The fourth-order valence-corrected chi connectivity index (χ4v) is 2.50. The van der Waals surface area contributed by atoms with Gasteiger partial charge in [0.15, 0.2) is 17.5 Å². The molecule has 1 aromatic carbocycles. The van der Waals surface area contributed by atoms with Crippen molar-refractivity contribution in [3.05, 3.63) is 35.1 Å². The van der Waals surface area contributed by atoms with E-state index in [0.717, 1.165) is 37.9 Å². The van der Waals surface area contributed by atoms with Crippen molar-refractivity contribution in [2.45, 2.75) is 32.2 Å². The van der Waals surface area contributed by atoms with Crippen molar-refractivity contribution >= 4 is 5.91 Å². The lowest BCUT2D eigenvalue weighted by Gasteiger charge is -2.32. The summed E-state index contributed by atoms with van der Waals surface area (Å²) in [4.78, 5) is 13.7. The molecule has 1 aromatic rings. The summed E-state index contributed by atoms with van der Waals surface area (Å²) < 4.78 is 39.2. The van der Waals surface area contributed by atoms with Gasteiger partial charge in [-0.2, -0.15) is 0 Å². The average Bonchev–Trinajstić information content (AvgIpc) is 2.50. The zero-order valence-electron chi connectivity index (χ0n) is 12.0. The largest absolute Gasteiger partial charge is 0.339 e. The number of nitrogens with zero attached hydrogens (tertiary/aromatic N) is 1. The molecule has 1 aliphatic heterocycles. The van der Waals surface area contributed by atoms with Crippen molar-refractivity contribution in [3.8, 4) is 0 Å². The van der Waals surface area contributed by atoms with Crippen LogP contribution in [0.3, 0.4) is 0 Å². The molecule has 1 fully saturated rings. The van der Waals surface area contributed by atoms with Gasteiger partial charge in [0.1, 0.15) is 0 Å². The first kappa shape index (κ1) is 15.8. The lowest BCUT2D eigenvalue weighted by atomic mass is 10.0. The summed E-state index contributed by atoms with van der Waals surface area (Å²) in [6, 6.07) is 1.88. The maximum atomic E-state index is 13.2. The van der Waals surface area contributed by atoms with Crippen LogP contribution in [0, 0.1) is 17.5 Å². The van der Waals surface area contributed by atoms with Gasteiger partial charge in [-0.05, 0) is 37.9 Å². The smallest absolute Gasteiger partial charge is 0.254 e. The molecule has 6 heteroatoms. The third-order valence-corrected chi connectivity index (χ3v) is 3.70. The molecule has 0 aromatic heterocycles. The number of halogens is 3. The van der Waals surface area contributed by atoms with E-state index in [1.54, 1.807) is 4.90 Å². The molecule has 1 amide bonds. The molecule has 2 rings (SSSR count). The van der Waals surface area contributed by atoms with Crippen LogP contribution < -0.4 is 5.32 Å². The Morgan fingerprint density at radius 3 is 2.33 bits per heavy atom. The van der Waals surface area contributed by atoms with Gasteiger partial charge in [-0.25, -0.2) is 13.2 Å². The van der Waals surface area contributed by atoms with Gasteiger partial charge in [0.05, 0.1) is 0 Å². The summed E-state index contributed by atoms with van der Waals surface area (Å²) in [7, 11) is 0. The highest BCUT2D eigenvalue weighted by molar-refractivity contribution is 5.94. The number of carbonyl (C=O) groups is 1. The van der Waals surface area contributed by atoms with Gasteiger partial charge in [0.2, 0.25) is 0 Å². The minimum absolute atomic E-state index is 0.147. The molecule has 1 N–H and O–H groups in total. The summed E-state index contributed by atoms with van der Waals surface area (Å²) in [5, 5.41) is 3.39. The van der Waals surface area contributed by atoms with Gasteiger partial charge in [-0.15, -0.1) is 0 Å². The Morgan fingerprint density at radius 1 is 1.24 bits per heavy atom.